The Balaban J connectivity index is 1.12. The maximum Gasteiger partial charge on any atom is 0.202 e. The van der Waals surface area contributed by atoms with E-state index < -0.39 is 0 Å². The van der Waals surface area contributed by atoms with E-state index in [1.165, 1.54) is 0 Å². The van der Waals surface area contributed by atoms with Gasteiger partial charge >= 0.3 is 0 Å². The SMILES string of the molecule is [C-]#[N+]c1c(-c2ccccc2)cc(-c2cc3c4cccnc4c(-c4cccc(-c5nc(-c6ccccc6)nc(-c6ccccc6)n5)c4)cc3c3cccnc23)cc1-c1ccccc1. The summed E-state index contributed by atoms with van der Waals surface area (Å²) in [4.78, 5) is 29.2. The molecule has 6 nitrogen and oxygen atoms in total. The Morgan fingerprint density at radius 3 is 1.18 bits per heavy atom. The van der Waals surface area contributed by atoms with Gasteiger partial charge in [0.2, 0.25) is 5.69 Å². The van der Waals surface area contributed by atoms with E-state index in [4.69, 9.17) is 31.5 Å². The van der Waals surface area contributed by atoms with E-state index in [-0.39, 0.29) is 0 Å². The number of rotatable bonds is 7. The molecule has 0 radical (unpaired) electrons. The van der Waals surface area contributed by atoms with Crippen LogP contribution in [0, 0.1) is 6.57 Å². The number of benzene rings is 8. The molecule has 288 valence electrons. The highest BCUT2D eigenvalue weighted by Crippen LogP contribution is 2.46. The van der Waals surface area contributed by atoms with E-state index in [1.807, 2.05) is 122 Å². The van der Waals surface area contributed by atoms with Gasteiger partial charge in [-0.1, -0.05) is 164 Å². The molecule has 0 saturated heterocycles. The van der Waals surface area contributed by atoms with Crippen LogP contribution in [0.3, 0.4) is 0 Å². The molecule has 0 N–H and O–H groups in total. The molecule has 0 spiro atoms. The number of hydrogen-bond donors (Lipinski definition) is 0. The molecule has 6 heteroatoms. The molecule has 0 fully saturated rings. The minimum absolute atomic E-state index is 0.589. The second-order valence-electron chi connectivity index (χ2n) is 15.1. The molecule has 3 heterocycles. The van der Waals surface area contributed by atoms with Crippen LogP contribution >= 0.6 is 0 Å². The lowest BCUT2D eigenvalue weighted by Crippen LogP contribution is -2.00. The predicted molar refractivity (Wildman–Crippen MR) is 252 cm³/mol. The van der Waals surface area contributed by atoms with E-state index in [1.54, 1.807) is 0 Å². The minimum atomic E-state index is 0.589. The zero-order valence-electron chi connectivity index (χ0n) is 33.3. The fourth-order valence-corrected chi connectivity index (χ4v) is 8.49. The topological polar surface area (TPSA) is 68.8 Å². The monoisotopic (exact) mass is 790 g/mol. The van der Waals surface area contributed by atoms with Crippen LogP contribution in [0.5, 0.6) is 0 Å². The Morgan fingerprint density at radius 2 is 0.710 bits per heavy atom. The summed E-state index contributed by atoms with van der Waals surface area (Å²) < 4.78 is 0. The van der Waals surface area contributed by atoms with Gasteiger partial charge in [0.15, 0.2) is 17.5 Å². The maximum atomic E-state index is 8.37. The van der Waals surface area contributed by atoms with Gasteiger partial charge in [0, 0.05) is 51.0 Å². The van der Waals surface area contributed by atoms with Crippen LogP contribution in [-0.2, 0) is 0 Å². The van der Waals surface area contributed by atoms with Crippen molar-refractivity contribution in [1.29, 1.82) is 0 Å². The van der Waals surface area contributed by atoms with Gasteiger partial charge in [-0.15, -0.1) is 0 Å². The van der Waals surface area contributed by atoms with Gasteiger partial charge in [0.05, 0.1) is 17.6 Å². The van der Waals surface area contributed by atoms with Crippen molar-refractivity contribution in [3.05, 3.63) is 218 Å². The molecular formula is C56H34N6. The number of aromatic nitrogens is 5. The predicted octanol–water partition coefficient (Wildman–Crippen LogP) is 14.3. The number of hydrogen-bond acceptors (Lipinski definition) is 5. The molecule has 0 bridgehead atoms. The van der Waals surface area contributed by atoms with Crippen LogP contribution in [0.2, 0.25) is 0 Å². The third-order valence-corrected chi connectivity index (χ3v) is 11.4. The highest BCUT2D eigenvalue weighted by molar-refractivity contribution is 6.22. The summed E-state index contributed by atoms with van der Waals surface area (Å²) in [5.41, 5.74) is 12.8. The smallest absolute Gasteiger partial charge is 0.202 e. The molecule has 0 aliphatic carbocycles. The van der Waals surface area contributed by atoms with Gasteiger partial charge in [-0.2, -0.15) is 0 Å². The summed E-state index contributed by atoms with van der Waals surface area (Å²) in [5.74, 6) is 1.82. The summed E-state index contributed by atoms with van der Waals surface area (Å²) in [6.45, 7) is 8.37. The Bertz CT molecular complexity index is 3390. The van der Waals surface area contributed by atoms with E-state index >= 15 is 0 Å². The Labute approximate surface area is 358 Å². The highest BCUT2D eigenvalue weighted by atomic mass is 15.0. The fourth-order valence-electron chi connectivity index (χ4n) is 8.49. The van der Waals surface area contributed by atoms with Crippen LogP contribution in [0.15, 0.2) is 207 Å². The van der Waals surface area contributed by atoms with E-state index in [0.717, 1.165) is 93.8 Å². The van der Waals surface area contributed by atoms with Crippen molar-refractivity contribution in [3.8, 4) is 78.7 Å². The number of pyridine rings is 2. The van der Waals surface area contributed by atoms with Crippen molar-refractivity contribution in [1.82, 2.24) is 24.9 Å². The molecule has 0 amide bonds. The normalized spacial score (nSPS) is 11.2. The molecular weight excluding hydrogens is 757 g/mol. The third kappa shape index (κ3) is 6.51. The van der Waals surface area contributed by atoms with Gasteiger partial charge in [-0.25, -0.2) is 19.8 Å². The molecule has 8 aromatic carbocycles. The van der Waals surface area contributed by atoms with Crippen molar-refractivity contribution in [2.24, 2.45) is 0 Å². The highest BCUT2D eigenvalue weighted by Gasteiger charge is 2.21. The Morgan fingerprint density at radius 1 is 0.306 bits per heavy atom. The van der Waals surface area contributed by atoms with Gasteiger partial charge in [0.1, 0.15) is 0 Å². The van der Waals surface area contributed by atoms with E-state index in [2.05, 4.69) is 89.8 Å². The molecule has 11 rings (SSSR count). The van der Waals surface area contributed by atoms with Crippen molar-refractivity contribution in [2.45, 2.75) is 0 Å². The van der Waals surface area contributed by atoms with Gasteiger partial charge in [-0.05, 0) is 74.5 Å². The molecule has 11 aromatic rings. The van der Waals surface area contributed by atoms with Crippen LogP contribution in [0.25, 0.3) is 116 Å². The zero-order valence-corrected chi connectivity index (χ0v) is 33.3. The van der Waals surface area contributed by atoms with Gasteiger partial charge < -0.3 is 0 Å². The van der Waals surface area contributed by atoms with Crippen LogP contribution < -0.4 is 0 Å². The minimum Gasteiger partial charge on any atom is -0.256 e. The molecule has 0 aliphatic rings. The fraction of sp³-hybridized carbons (Fsp3) is 0. The quantitative estimate of drug-likeness (QED) is 0.119. The van der Waals surface area contributed by atoms with Crippen molar-refractivity contribution < 1.29 is 0 Å². The van der Waals surface area contributed by atoms with Crippen LogP contribution in [0.1, 0.15) is 0 Å². The molecule has 0 unspecified atom stereocenters. The lowest BCUT2D eigenvalue weighted by Gasteiger charge is -2.18. The summed E-state index contributed by atoms with van der Waals surface area (Å²) in [5, 5.41) is 4.19. The first-order chi connectivity index (χ1) is 30.7. The average Bonchev–Trinajstić information content (AvgIpc) is 3.36. The van der Waals surface area contributed by atoms with E-state index in [0.29, 0.717) is 23.2 Å². The van der Waals surface area contributed by atoms with Crippen molar-refractivity contribution >= 4 is 38.3 Å². The summed E-state index contributed by atoms with van der Waals surface area (Å²) in [7, 11) is 0. The van der Waals surface area contributed by atoms with Crippen molar-refractivity contribution in [2.75, 3.05) is 0 Å². The van der Waals surface area contributed by atoms with Gasteiger partial charge in [0.25, 0.3) is 0 Å². The van der Waals surface area contributed by atoms with Gasteiger partial charge in [-0.3, -0.25) is 9.97 Å². The lowest BCUT2D eigenvalue weighted by molar-refractivity contribution is 1.07. The van der Waals surface area contributed by atoms with Crippen LogP contribution in [0.4, 0.5) is 5.69 Å². The summed E-state index contributed by atoms with van der Waals surface area (Å²) in [6.07, 6.45) is 3.72. The van der Waals surface area contributed by atoms with E-state index in [9.17, 15) is 0 Å². The lowest BCUT2D eigenvalue weighted by atomic mass is 9.87. The molecule has 62 heavy (non-hydrogen) atoms. The largest absolute Gasteiger partial charge is 0.256 e. The Kier molecular flexibility index (Phi) is 9.11. The average molecular weight is 791 g/mol. The molecule has 0 aliphatic heterocycles. The first-order valence-electron chi connectivity index (χ1n) is 20.4. The molecule has 0 saturated carbocycles. The summed E-state index contributed by atoms with van der Waals surface area (Å²) >= 11 is 0. The third-order valence-electron chi connectivity index (χ3n) is 11.4. The molecule has 0 atom stereocenters. The zero-order chi connectivity index (χ0) is 41.4. The maximum absolute atomic E-state index is 8.37. The number of nitrogens with zero attached hydrogens (tertiary/aromatic N) is 6. The Hall–Kier alpha value is -8.66. The number of fused-ring (bicyclic) bond motifs is 5. The summed E-state index contributed by atoms with van der Waals surface area (Å²) in [6, 6.07) is 65.9. The molecule has 3 aromatic heterocycles. The standard InChI is InChI=1S/C56H34N6/c1-57-51-45(36-17-6-2-7-18-36)32-42(33-46(51)37-19-8-3-9-20-37)48-35-50-43-27-15-29-58-52(43)47(34-49(50)44-28-16-30-59-53(44)48)40-25-14-26-41(31-40)56-61-54(38-21-10-4-11-22-38)60-55(62-56)39-23-12-5-13-24-39/h2-35H. The first-order valence-corrected chi connectivity index (χ1v) is 20.4. The second kappa shape index (κ2) is 15.5. The van der Waals surface area contributed by atoms with Crippen LogP contribution in [-0.4, -0.2) is 24.9 Å². The van der Waals surface area contributed by atoms with Crippen molar-refractivity contribution in [3.63, 3.8) is 0 Å². The second-order valence-corrected chi connectivity index (χ2v) is 15.1. The first kappa shape index (κ1) is 36.4.